The first-order valence-corrected chi connectivity index (χ1v) is 5.87. The van der Waals surface area contributed by atoms with Gasteiger partial charge in [0.1, 0.15) is 6.54 Å². The van der Waals surface area contributed by atoms with Crippen molar-refractivity contribution in [3.63, 3.8) is 0 Å². The van der Waals surface area contributed by atoms with Gasteiger partial charge in [0.2, 0.25) is 0 Å². The molecule has 1 heterocycles. The number of carbonyl (C=O) groups is 1. The minimum atomic E-state index is -0.469. The number of fused-ring (bicyclic) bond motifs is 1. The van der Waals surface area contributed by atoms with E-state index < -0.39 is 10.9 Å². The number of rotatable bonds is 4. The van der Waals surface area contributed by atoms with Gasteiger partial charge in [-0.1, -0.05) is 0 Å². The van der Waals surface area contributed by atoms with Crippen LogP contribution in [0.5, 0.6) is 0 Å². The molecule has 0 atom stereocenters. The number of non-ortho nitro benzene ring substituents is 1. The number of carbonyl (C=O) groups excluding carboxylic acids is 1. The van der Waals surface area contributed by atoms with Crippen LogP contribution < -0.4 is 5.32 Å². The molecule has 1 N–H and O–H groups in total. The Bertz CT molecular complexity index is 685. The number of nitrogens with zero attached hydrogens (tertiary/aromatic N) is 2. The monoisotopic (exact) mass is 275 g/mol. The van der Waals surface area contributed by atoms with Crippen LogP contribution in [0.3, 0.4) is 0 Å². The van der Waals surface area contributed by atoms with Crippen molar-refractivity contribution in [1.82, 2.24) is 4.98 Å². The number of aromatic nitrogens is 1. The van der Waals surface area contributed by atoms with Gasteiger partial charge in [0.15, 0.2) is 0 Å². The molecule has 0 fully saturated rings. The van der Waals surface area contributed by atoms with Gasteiger partial charge in [0, 0.05) is 28.9 Å². The molecule has 2 aromatic rings. The number of nitro benzene ring substituents is 1. The predicted octanol–water partition coefficient (Wildman–Crippen LogP) is 2.04. The first kappa shape index (κ1) is 13.7. The van der Waals surface area contributed by atoms with Gasteiger partial charge < -0.3 is 10.1 Å². The molecule has 2 rings (SSSR count). The Kier molecular flexibility index (Phi) is 3.79. The molecule has 0 aliphatic carbocycles. The lowest BCUT2D eigenvalue weighted by molar-refractivity contribution is -0.384. The molecule has 20 heavy (non-hydrogen) atoms. The molecule has 0 spiro atoms. The lowest BCUT2D eigenvalue weighted by Crippen LogP contribution is -2.15. The molecule has 0 unspecified atom stereocenters. The van der Waals surface area contributed by atoms with Crippen LogP contribution in [-0.2, 0) is 9.53 Å². The van der Waals surface area contributed by atoms with Crippen molar-refractivity contribution in [3.05, 3.63) is 40.1 Å². The molecule has 7 nitrogen and oxygen atoms in total. The van der Waals surface area contributed by atoms with Crippen LogP contribution in [0.4, 0.5) is 11.4 Å². The zero-order valence-corrected chi connectivity index (χ0v) is 11.0. The highest BCUT2D eigenvalue weighted by Gasteiger charge is 2.11. The second kappa shape index (κ2) is 5.52. The zero-order valence-electron chi connectivity index (χ0n) is 11.0. The summed E-state index contributed by atoms with van der Waals surface area (Å²) in [5.41, 5.74) is 1.97. The first-order chi connectivity index (χ1) is 9.51. The highest BCUT2D eigenvalue weighted by molar-refractivity contribution is 5.94. The van der Waals surface area contributed by atoms with Crippen molar-refractivity contribution in [2.24, 2.45) is 0 Å². The smallest absolute Gasteiger partial charge is 0.325 e. The first-order valence-electron chi connectivity index (χ1n) is 5.87. The standard InChI is InChI=1S/C13H13N3O4/c1-8-5-12(14-7-13(17)20-2)10-6-9(16(18)19)3-4-11(10)15-8/h3-6H,7H2,1-2H3,(H,14,15). The maximum Gasteiger partial charge on any atom is 0.325 e. The molecule has 0 saturated carbocycles. The molecule has 0 aliphatic rings. The fourth-order valence-electron chi connectivity index (χ4n) is 1.85. The molecule has 7 heteroatoms. The summed E-state index contributed by atoms with van der Waals surface area (Å²) >= 11 is 0. The van der Waals surface area contributed by atoms with E-state index in [0.29, 0.717) is 16.6 Å². The minimum Gasteiger partial charge on any atom is -0.468 e. The highest BCUT2D eigenvalue weighted by atomic mass is 16.6. The predicted molar refractivity (Wildman–Crippen MR) is 73.6 cm³/mol. The van der Waals surface area contributed by atoms with Crippen molar-refractivity contribution in [1.29, 1.82) is 0 Å². The molecule has 1 aromatic carbocycles. The van der Waals surface area contributed by atoms with Gasteiger partial charge in [0.25, 0.3) is 5.69 Å². The molecule has 0 amide bonds. The molecule has 1 aromatic heterocycles. The number of pyridine rings is 1. The summed E-state index contributed by atoms with van der Waals surface area (Å²) in [5, 5.41) is 14.3. The average Bonchev–Trinajstić information content (AvgIpc) is 2.43. The number of nitro groups is 1. The molecule has 0 saturated heterocycles. The normalized spacial score (nSPS) is 10.3. The topological polar surface area (TPSA) is 94.4 Å². The Labute approximate surface area is 114 Å². The second-order valence-corrected chi connectivity index (χ2v) is 4.20. The molecule has 0 radical (unpaired) electrons. The number of esters is 1. The summed E-state index contributed by atoms with van der Waals surface area (Å²) in [6.45, 7) is 1.79. The Morgan fingerprint density at radius 1 is 1.45 bits per heavy atom. The highest BCUT2D eigenvalue weighted by Crippen LogP contribution is 2.27. The third-order valence-corrected chi connectivity index (χ3v) is 2.78. The van der Waals surface area contributed by atoms with Crippen molar-refractivity contribution in [2.45, 2.75) is 6.92 Å². The largest absolute Gasteiger partial charge is 0.468 e. The maximum atomic E-state index is 11.2. The van der Waals surface area contributed by atoms with Gasteiger partial charge in [-0.15, -0.1) is 0 Å². The SMILES string of the molecule is COC(=O)CNc1cc(C)nc2ccc([N+](=O)[O-])cc12. The van der Waals surface area contributed by atoms with Crippen molar-refractivity contribution in [2.75, 3.05) is 19.0 Å². The van der Waals surface area contributed by atoms with E-state index >= 15 is 0 Å². The summed E-state index contributed by atoms with van der Waals surface area (Å²) < 4.78 is 4.55. The van der Waals surface area contributed by atoms with Crippen LogP contribution in [0.25, 0.3) is 10.9 Å². The molecule has 0 bridgehead atoms. The molecular weight excluding hydrogens is 262 g/mol. The fourth-order valence-corrected chi connectivity index (χ4v) is 1.85. The number of aryl methyl sites for hydroxylation is 1. The van der Waals surface area contributed by atoms with E-state index in [1.807, 2.05) is 6.92 Å². The van der Waals surface area contributed by atoms with Crippen molar-refractivity contribution < 1.29 is 14.5 Å². The average molecular weight is 275 g/mol. The van der Waals surface area contributed by atoms with Gasteiger partial charge in [-0.05, 0) is 19.1 Å². The number of anilines is 1. The lowest BCUT2D eigenvalue weighted by Gasteiger charge is -2.09. The van der Waals surface area contributed by atoms with Crippen LogP contribution in [-0.4, -0.2) is 29.5 Å². The number of ether oxygens (including phenoxy) is 1. The van der Waals surface area contributed by atoms with Crippen molar-refractivity contribution >= 4 is 28.2 Å². The number of benzene rings is 1. The van der Waals surface area contributed by atoms with E-state index in [0.717, 1.165) is 5.69 Å². The molecule has 104 valence electrons. The van der Waals surface area contributed by atoms with Gasteiger partial charge >= 0.3 is 5.97 Å². The van der Waals surface area contributed by atoms with E-state index in [-0.39, 0.29) is 12.2 Å². The summed E-state index contributed by atoms with van der Waals surface area (Å²) in [4.78, 5) is 25.8. The van der Waals surface area contributed by atoms with E-state index in [4.69, 9.17) is 0 Å². The van der Waals surface area contributed by atoms with Crippen LogP contribution >= 0.6 is 0 Å². The second-order valence-electron chi connectivity index (χ2n) is 4.20. The number of nitrogens with one attached hydrogen (secondary N) is 1. The third-order valence-electron chi connectivity index (χ3n) is 2.78. The van der Waals surface area contributed by atoms with Crippen LogP contribution in [0, 0.1) is 17.0 Å². The van der Waals surface area contributed by atoms with Gasteiger partial charge in [0.05, 0.1) is 17.5 Å². The zero-order chi connectivity index (χ0) is 14.7. The van der Waals surface area contributed by atoms with Gasteiger partial charge in [-0.25, -0.2) is 0 Å². The lowest BCUT2D eigenvalue weighted by atomic mass is 10.1. The third kappa shape index (κ3) is 2.82. The van der Waals surface area contributed by atoms with E-state index in [2.05, 4.69) is 15.0 Å². The Morgan fingerprint density at radius 3 is 2.85 bits per heavy atom. The van der Waals surface area contributed by atoms with Crippen LogP contribution in [0.1, 0.15) is 5.69 Å². The Balaban J connectivity index is 2.47. The quantitative estimate of drug-likeness (QED) is 0.521. The number of methoxy groups -OCH3 is 1. The summed E-state index contributed by atoms with van der Waals surface area (Å²) in [6.07, 6.45) is 0. The van der Waals surface area contributed by atoms with Gasteiger partial charge in [-0.3, -0.25) is 19.9 Å². The van der Waals surface area contributed by atoms with Crippen LogP contribution in [0.2, 0.25) is 0 Å². The Morgan fingerprint density at radius 2 is 2.20 bits per heavy atom. The van der Waals surface area contributed by atoms with Crippen molar-refractivity contribution in [3.8, 4) is 0 Å². The van der Waals surface area contributed by atoms with Gasteiger partial charge in [-0.2, -0.15) is 0 Å². The molecular formula is C13H13N3O4. The molecule has 0 aliphatic heterocycles. The summed E-state index contributed by atoms with van der Waals surface area (Å²) in [7, 11) is 1.30. The fraction of sp³-hybridized carbons (Fsp3) is 0.231. The van der Waals surface area contributed by atoms with E-state index in [1.165, 1.54) is 19.2 Å². The summed E-state index contributed by atoms with van der Waals surface area (Å²) in [6, 6.07) is 6.15. The summed E-state index contributed by atoms with van der Waals surface area (Å²) in [5.74, 6) is -0.418. The number of hydrogen-bond acceptors (Lipinski definition) is 6. The Hall–Kier alpha value is -2.70. The van der Waals surface area contributed by atoms with Crippen LogP contribution in [0.15, 0.2) is 24.3 Å². The number of hydrogen-bond donors (Lipinski definition) is 1. The minimum absolute atomic E-state index is 0.0161. The van der Waals surface area contributed by atoms with E-state index in [9.17, 15) is 14.9 Å². The van der Waals surface area contributed by atoms with E-state index in [1.54, 1.807) is 12.1 Å². The maximum absolute atomic E-state index is 11.2.